The van der Waals surface area contributed by atoms with Crippen molar-refractivity contribution in [3.05, 3.63) is 88.5 Å². The molecule has 8 nitrogen and oxygen atoms in total. The number of benzene rings is 2. The molecule has 8 heteroatoms. The number of aryl methyl sites for hydroxylation is 1. The molecule has 2 aromatic heterocycles. The summed E-state index contributed by atoms with van der Waals surface area (Å²) in [6.45, 7) is 2.93. The van der Waals surface area contributed by atoms with Gasteiger partial charge in [0.25, 0.3) is 11.5 Å². The third kappa shape index (κ3) is 4.48. The predicted molar refractivity (Wildman–Crippen MR) is 117 cm³/mol. The van der Waals surface area contributed by atoms with Gasteiger partial charge in [-0.05, 0) is 43.3 Å². The summed E-state index contributed by atoms with van der Waals surface area (Å²) >= 11 is 0. The second-order valence-electron chi connectivity index (χ2n) is 7.12. The van der Waals surface area contributed by atoms with E-state index in [-0.39, 0.29) is 18.0 Å². The highest BCUT2D eigenvalue weighted by molar-refractivity contribution is 5.94. The maximum absolute atomic E-state index is 13.0. The van der Waals surface area contributed by atoms with Crippen LogP contribution >= 0.6 is 0 Å². The number of nitrogens with zero attached hydrogens (tertiary/aromatic N) is 4. The van der Waals surface area contributed by atoms with Gasteiger partial charge in [-0.15, -0.1) is 0 Å². The SMILES string of the molecule is CCN(Cc1nc2ccccc2c(=O)[nH]1)C(=O)c1ccc(OCc2nccn2C)cc1. The Bertz CT molecular complexity index is 1260. The molecule has 0 aliphatic rings. The van der Waals surface area contributed by atoms with E-state index in [1.54, 1.807) is 53.6 Å². The number of aromatic amines is 1. The average Bonchev–Trinajstić information content (AvgIpc) is 3.20. The maximum atomic E-state index is 13.0. The number of H-pyrrole nitrogens is 1. The van der Waals surface area contributed by atoms with E-state index in [0.29, 0.717) is 41.2 Å². The summed E-state index contributed by atoms with van der Waals surface area (Å²) in [5.74, 6) is 1.78. The Morgan fingerprint density at radius 2 is 1.94 bits per heavy atom. The number of nitrogens with one attached hydrogen (secondary N) is 1. The van der Waals surface area contributed by atoms with Gasteiger partial charge in [-0.1, -0.05) is 12.1 Å². The number of hydrogen-bond acceptors (Lipinski definition) is 5. The molecule has 0 spiro atoms. The minimum atomic E-state index is -0.210. The van der Waals surface area contributed by atoms with Gasteiger partial charge in [0.15, 0.2) is 0 Å². The molecule has 4 aromatic rings. The van der Waals surface area contributed by atoms with Gasteiger partial charge in [-0.25, -0.2) is 9.97 Å². The van der Waals surface area contributed by atoms with E-state index in [2.05, 4.69) is 15.0 Å². The highest BCUT2D eigenvalue weighted by Crippen LogP contribution is 2.16. The molecule has 2 heterocycles. The Morgan fingerprint density at radius 1 is 1.16 bits per heavy atom. The van der Waals surface area contributed by atoms with Crippen LogP contribution in [0, 0.1) is 0 Å². The normalized spacial score (nSPS) is 10.9. The lowest BCUT2D eigenvalue weighted by molar-refractivity contribution is 0.0748. The summed E-state index contributed by atoms with van der Waals surface area (Å²) < 4.78 is 7.64. The average molecular weight is 417 g/mol. The molecule has 1 N–H and O–H groups in total. The first-order chi connectivity index (χ1) is 15.0. The van der Waals surface area contributed by atoms with Crippen LogP contribution in [0.2, 0.25) is 0 Å². The van der Waals surface area contributed by atoms with E-state index in [0.717, 1.165) is 5.82 Å². The van der Waals surface area contributed by atoms with Crippen LogP contribution in [-0.2, 0) is 20.2 Å². The molecule has 0 saturated carbocycles. The fourth-order valence-corrected chi connectivity index (χ4v) is 3.28. The number of imidazole rings is 1. The van der Waals surface area contributed by atoms with Crippen LogP contribution in [-0.4, -0.2) is 36.9 Å². The van der Waals surface area contributed by atoms with Crippen molar-refractivity contribution in [3.8, 4) is 5.75 Å². The molecule has 0 unspecified atom stereocenters. The molecule has 31 heavy (non-hydrogen) atoms. The molecular formula is C23H23N5O3. The first-order valence-corrected chi connectivity index (χ1v) is 10.0. The summed E-state index contributed by atoms with van der Waals surface area (Å²) in [5.41, 5.74) is 0.937. The van der Waals surface area contributed by atoms with Gasteiger partial charge in [-0.3, -0.25) is 9.59 Å². The molecule has 4 rings (SSSR count). The third-order valence-corrected chi connectivity index (χ3v) is 5.06. The van der Waals surface area contributed by atoms with Crippen LogP contribution < -0.4 is 10.3 Å². The van der Waals surface area contributed by atoms with Crippen molar-refractivity contribution in [2.45, 2.75) is 20.1 Å². The molecule has 0 radical (unpaired) electrons. The fourth-order valence-electron chi connectivity index (χ4n) is 3.28. The summed E-state index contributed by atoms with van der Waals surface area (Å²) in [4.78, 5) is 38.4. The third-order valence-electron chi connectivity index (χ3n) is 5.06. The monoisotopic (exact) mass is 417 g/mol. The molecule has 0 atom stereocenters. The molecule has 0 fully saturated rings. The molecular weight excluding hydrogens is 394 g/mol. The molecule has 2 aromatic carbocycles. The van der Waals surface area contributed by atoms with E-state index in [1.165, 1.54) is 0 Å². The Balaban J connectivity index is 1.46. The number of amides is 1. The van der Waals surface area contributed by atoms with Crippen molar-refractivity contribution in [1.29, 1.82) is 0 Å². The summed E-state index contributed by atoms with van der Waals surface area (Å²) in [7, 11) is 1.91. The number of fused-ring (bicyclic) bond motifs is 1. The zero-order valence-electron chi connectivity index (χ0n) is 17.4. The van der Waals surface area contributed by atoms with Gasteiger partial charge in [-0.2, -0.15) is 0 Å². The molecule has 0 saturated heterocycles. The lowest BCUT2D eigenvalue weighted by Gasteiger charge is -2.20. The van der Waals surface area contributed by atoms with E-state index < -0.39 is 0 Å². The number of aromatic nitrogens is 4. The van der Waals surface area contributed by atoms with Crippen LogP contribution in [0.3, 0.4) is 0 Å². The molecule has 0 aliphatic carbocycles. The quantitative estimate of drug-likeness (QED) is 0.499. The van der Waals surface area contributed by atoms with Crippen LogP contribution in [0.1, 0.15) is 28.9 Å². The van der Waals surface area contributed by atoms with E-state index in [4.69, 9.17) is 4.74 Å². The minimum Gasteiger partial charge on any atom is -0.486 e. The predicted octanol–water partition coefficient (Wildman–Crippen LogP) is 2.90. The van der Waals surface area contributed by atoms with Crippen LogP contribution in [0.5, 0.6) is 5.75 Å². The number of carbonyl (C=O) groups is 1. The van der Waals surface area contributed by atoms with Crippen molar-refractivity contribution in [2.24, 2.45) is 7.05 Å². The topological polar surface area (TPSA) is 93.1 Å². The minimum absolute atomic E-state index is 0.144. The molecule has 158 valence electrons. The van der Waals surface area contributed by atoms with E-state index >= 15 is 0 Å². The lowest BCUT2D eigenvalue weighted by atomic mass is 10.2. The zero-order chi connectivity index (χ0) is 21.8. The Morgan fingerprint density at radius 3 is 2.65 bits per heavy atom. The number of para-hydroxylation sites is 1. The van der Waals surface area contributed by atoms with E-state index in [9.17, 15) is 9.59 Å². The fraction of sp³-hybridized carbons (Fsp3) is 0.217. The van der Waals surface area contributed by atoms with Gasteiger partial charge < -0.3 is 19.2 Å². The van der Waals surface area contributed by atoms with Gasteiger partial charge >= 0.3 is 0 Å². The number of rotatable bonds is 7. The van der Waals surface area contributed by atoms with Crippen LogP contribution in [0.25, 0.3) is 10.9 Å². The number of ether oxygens (including phenoxy) is 1. The lowest BCUT2D eigenvalue weighted by Crippen LogP contribution is -2.31. The molecule has 0 aliphatic heterocycles. The first-order valence-electron chi connectivity index (χ1n) is 10.0. The largest absolute Gasteiger partial charge is 0.486 e. The van der Waals surface area contributed by atoms with E-state index in [1.807, 2.05) is 30.8 Å². The van der Waals surface area contributed by atoms with Crippen molar-refractivity contribution in [2.75, 3.05) is 6.54 Å². The van der Waals surface area contributed by atoms with Gasteiger partial charge in [0.1, 0.15) is 24.0 Å². The number of hydrogen-bond donors (Lipinski definition) is 1. The standard InChI is InChI=1S/C23H23N5O3/c1-3-28(14-20-25-19-7-5-4-6-18(19)22(29)26-20)23(30)16-8-10-17(11-9-16)31-15-21-24-12-13-27(21)2/h4-13H,3,14-15H2,1-2H3,(H,25,26,29). The summed E-state index contributed by atoms with van der Waals surface area (Å²) in [6.07, 6.45) is 3.58. The van der Waals surface area contributed by atoms with Gasteiger partial charge in [0, 0.05) is 31.5 Å². The summed E-state index contributed by atoms with van der Waals surface area (Å²) in [5, 5.41) is 0.529. The van der Waals surface area contributed by atoms with Gasteiger partial charge in [0.2, 0.25) is 0 Å². The first kappa shape index (κ1) is 20.3. The maximum Gasteiger partial charge on any atom is 0.258 e. The Labute approximate surface area is 179 Å². The van der Waals surface area contributed by atoms with Crippen molar-refractivity contribution in [3.63, 3.8) is 0 Å². The van der Waals surface area contributed by atoms with Crippen LogP contribution in [0.4, 0.5) is 0 Å². The highest BCUT2D eigenvalue weighted by Gasteiger charge is 2.16. The highest BCUT2D eigenvalue weighted by atomic mass is 16.5. The molecule has 0 bridgehead atoms. The second kappa shape index (κ2) is 8.83. The van der Waals surface area contributed by atoms with Crippen molar-refractivity contribution >= 4 is 16.8 Å². The Kier molecular flexibility index (Phi) is 5.79. The molecule has 1 amide bonds. The summed E-state index contributed by atoms with van der Waals surface area (Å²) in [6, 6.07) is 14.1. The smallest absolute Gasteiger partial charge is 0.258 e. The zero-order valence-corrected chi connectivity index (χ0v) is 17.4. The van der Waals surface area contributed by atoms with Crippen molar-refractivity contribution < 1.29 is 9.53 Å². The van der Waals surface area contributed by atoms with Crippen LogP contribution in [0.15, 0.2) is 65.7 Å². The Hall–Kier alpha value is -3.94. The number of carbonyl (C=O) groups excluding carboxylic acids is 1. The second-order valence-corrected chi connectivity index (χ2v) is 7.12. The van der Waals surface area contributed by atoms with Crippen molar-refractivity contribution in [1.82, 2.24) is 24.4 Å². The van der Waals surface area contributed by atoms with Gasteiger partial charge in [0.05, 0.1) is 17.4 Å².